The molecular weight excluding hydrogens is 440 g/mol. The van der Waals surface area contributed by atoms with E-state index in [4.69, 9.17) is 11.6 Å². The summed E-state index contributed by atoms with van der Waals surface area (Å²) in [6.07, 6.45) is 0. The van der Waals surface area contributed by atoms with E-state index in [1.807, 2.05) is 0 Å². The number of alkyl halides is 2. The van der Waals surface area contributed by atoms with Crippen LogP contribution in [-0.4, -0.2) is 62.9 Å². The topological polar surface area (TPSA) is 79.0 Å². The average Bonchev–Trinajstić information content (AvgIpc) is 2.73. The third kappa shape index (κ3) is 5.59. The van der Waals surface area contributed by atoms with Crippen molar-refractivity contribution in [3.8, 4) is 5.75 Å². The third-order valence-corrected chi connectivity index (χ3v) is 6.73. The van der Waals surface area contributed by atoms with Crippen LogP contribution in [-0.2, 0) is 14.8 Å². The first-order valence-electron chi connectivity index (χ1n) is 9.08. The molecule has 3 rings (SSSR count). The average molecular weight is 460 g/mol. The van der Waals surface area contributed by atoms with Crippen LogP contribution < -0.4 is 10.1 Å². The number of anilines is 1. The Morgan fingerprint density at radius 3 is 2.20 bits per heavy atom. The number of rotatable bonds is 7. The fourth-order valence-corrected chi connectivity index (χ4v) is 4.53. The molecular formula is C19H20ClF2N3O4S. The van der Waals surface area contributed by atoms with Gasteiger partial charge in [-0.15, -0.1) is 0 Å². The molecule has 7 nitrogen and oxygen atoms in total. The Kier molecular flexibility index (Phi) is 7.11. The molecule has 2 aromatic carbocycles. The van der Waals surface area contributed by atoms with Gasteiger partial charge < -0.3 is 15.0 Å². The minimum atomic E-state index is -3.64. The second kappa shape index (κ2) is 9.59. The summed E-state index contributed by atoms with van der Waals surface area (Å²) in [5.74, 6) is -0.161. The van der Waals surface area contributed by atoms with Gasteiger partial charge in [-0.2, -0.15) is 13.1 Å². The van der Waals surface area contributed by atoms with Crippen LogP contribution in [0.2, 0.25) is 5.02 Å². The molecule has 1 heterocycles. The van der Waals surface area contributed by atoms with Crippen LogP contribution in [0.5, 0.6) is 5.75 Å². The molecule has 30 heavy (non-hydrogen) atoms. The molecule has 1 saturated heterocycles. The summed E-state index contributed by atoms with van der Waals surface area (Å²) in [6, 6.07) is 11.8. The molecule has 0 saturated carbocycles. The number of ether oxygens (including phenoxy) is 1. The Labute approximate surface area is 178 Å². The fourth-order valence-electron chi connectivity index (χ4n) is 2.98. The summed E-state index contributed by atoms with van der Waals surface area (Å²) in [5, 5.41) is 3.37. The van der Waals surface area contributed by atoms with Crippen molar-refractivity contribution in [3.05, 3.63) is 53.6 Å². The largest absolute Gasteiger partial charge is 0.435 e. The molecule has 2 aromatic rings. The van der Waals surface area contributed by atoms with Crippen LogP contribution in [0.1, 0.15) is 0 Å². The second-order valence-electron chi connectivity index (χ2n) is 6.50. The Morgan fingerprint density at radius 1 is 1.03 bits per heavy atom. The molecule has 0 unspecified atom stereocenters. The number of nitrogens with zero attached hydrogens (tertiary/aromatic N) is 2. The minimum absolute atomic E-state index is 0.00101. The first kappa shape index (κ1) is 22.3. The van der Waals surface area contributed by atoms with Gasteiger partial charge in [0.25, 0.3) is 0 Å². The van der Waals surface area contributed by atoms with E-state index in [-0.39, 0.29) is 49.3 Å². The number of carbonyl (C=O) groups is 1. The fraction of sp³-hybridized carbons (Fsp3) is 0.316. The molecule has 1 aliphatic heterocycles. The number of nitrogens with one attached hydrogen (secondary N) is 1. The standard InChI is InChI=1S/C19H20ClF2N3O4S/c20-14-1-7-17(8-2-14)30(27,28)25-11-9-24(10-12-25)18(26)13-23-15-3-5-16(6-4-15)29-19(21)22/h1-8,19,23H,9-13H2. The maximum Gasteiger partial charge on any atom is 0.387 e. The summed E-state index contributed by atoms with van der Waals surface area (Å²) in [6.45, 7) is -1.97. The number of hydrogen-bond donors (Lipinski definition) is 1. The van der Waals surface area contributed by atoms with E-state index in [1.165, 1.54) is 52.8 Å². The zero-order valence-electron chi connectivity index (χ0n) is 15.8. The van der Waals surface area contributed by atoms with Crippen LogP contribution in [0.25, 0.3) is 0 Å². The van der Waals surface area contributed by atoms with E-state index in [1.54, 1.807) is 4.90 Å². The Balaban J connectivity index is 1.50. The van der Waals surface area contributed by atoms with Crippen molar-refractivity contribution in [1.29, 1.82) is 0 Å². The van der Waals surface area contributed by atoms with Crippen LogP contribution in [0.4, 0.5) is 14.5 Å². The van der Waals surface area contributed by atoms with Crippen molar-refractivity contribution in [2.75, 3.05) is 38.0 Å². The van der Waals surface area contributed by atoms with Crippen molar-refractivity contribution >= 4 is 33.2 Å². The Morgan fingerprint density at radius 2 is 1.63 bits per heavy atom. The van der Waals surface area contributed by atoms with Gasteiger partial charge in [-0.3, -0.25) is 4.79 Å². The van der Waals surface area contributed by atoms with Gasteiger partial charge in [-0.25, -0.2) is 8.42 Å². The lowest BCUT2D eigenvalue weighted by Crippen LogP contribution is -2.51. The number of carbonyl (C=O) groups excluding carboxylic acids is 1. The molecule has 1 N–H and O–H groups in total. The lowest BCUT2D eigenvalue weighted by atomic mass is 10.3. The van der Waals surface area contributed by atoms with Gasteiger partial charge in [0, 0.05) is 36.9 Å². The van der Waals surface area contributed by atoms with Crippen molar-refractivity contribution in [3.63, 3.8) is 0 Å². The highest BCUT2D eigenvalue weighted by Crippen LogP contribution is 2.20. The monoisotopic (exact) mass is 459 g/mol. The van der Waals surface area contributed by atoms with Crippen LogP contribution in [0, 0.1) is 0 Å². The molecule has 11 heteroatoms. The van der Waals surface area contributed by atoms with E-state index in [2.05, 4.69) is 10.1 Å². The van der Waals surface area contributed by atoms with Crippen LogP contribution in [0.3, 0.4) is 0 Å². The van der Waals surface area contributed by atoms with Gasteiger partial charge >= 0.3 is 6.61 Å². The van der Waals surface area contributed by atoms with Gasteiger partial charge in [0.15, 0.2) is 0 Å². The second-order valence-corrected chi connectivity index (χ2v) is 8.87. The first-order valence-corrected chi connectivity index (χ1v) is 10.9. The SMILES string of the molecule is O=C(CNc1ccc(OC(F)F)cc1)N1CCN(S(=O)(=O)c2ccc(Cl)cc2)CC1. The molecule has 0 bridgehead atoms. The molecule has 0 aromatic heterocycles. The Hall–Kier alpha value is -2.43. The molecule has 1 amide bonds. The lowest BCUT2D eigenvalue weighted by molar-refractivity contribution is -0.130. The van der Waals surface area contributed by atoms with E-state index < -0.39 is 16.6 Å². The summed E-state index contributed by atoms with van der Waals surface area (Å²) in [4.78, 5) is 14.1. The number of halogens is 3. The highest BCUT2D eigenvalue weighted by Gasteiger charge is 2.29. The molecule has 162 valence electrons. The molecule has 0 radical (unpaired) electrons. The molecule has 0 atom stereocenters. The maximum atomic E-state index is 12.7. The summed E-state index contributed by atoms with van der Waals surface area (Å²) < 4.78 is 55.3. The van der Waals surface area contributed by atoms with Crippen LogP contribution in [0.15, 0.2) is 53.4 Å². The molecule has 0 spiro atoms. The van der Waals surface area contributed by atoms with Gasteiger partial charge in [0.1, 0.15) is 5.75 Å². The summed E-state index contributed by atoms with van der Waals surface area (Å²) >= 11 is 5.81. The van der Waals surface area contributed by atoms with Gasteiger partial charge in [-0.1, -0.05) is 11.6 Å². The van der Waals surface area contributed by atoms with Crippen molar-refractivity contribution in [2.24, 2.45) is 0 Å². The Bertz CT molecular complexity index is 964. The lowest BCUT2D eigenvalue weighted by Gasteiger charge is -2.34. The summed E-state index contributed by atoms with van der Waals surface area (Å²) in [5.41, 5.74) is 0.578. The van der Waals surface area contributed by atoms with E-state index >= 15 is 0 Å². The normalized spacial score (nSPS) is 15.3. The smallest absolute Gasteiger partial charge is 0.387 e. The number of piperazine rings is 1. The van der Waals surface area contributed by atoms with E-state index in [0.717, 1.165) is 0 Å². The number of benzene rings is 2. The number of hydrogen-bond acceptors (Lipinski definition) is 5. The predicted octanol–water partition coefficient (Wildman–Crippen LogP) is 2.89. The van der Waals surface area contributed by atoms with E-state index in [9.17, 15) is 22.0 Å². The van der Waals surface area contributed by atoms with E-state index in [0.29, 0.717) is 10.7 Å². The minimum Gasteiger partial charge on any atom is -0.435 e. The zero-order chi connectivity index (χ0) is 21.7. The highest BCUT2D eigenvalue weighted by molar-refractivity contribution is 7.89. The molecule has 1 aliphatic rings. The van der Waals surface area contributed by atoms with Gasteiger partial charge in [0.05, 0.1) is 11.4 Å². The third-order valence-electron chi connectivity index (χ3n) is 4.57. The van der Waals surface area contributed by atoms with Crippen molar-refractivity contribution in [2.45, 2.75) is 11.5 Å². The van der Waals surface area contributed by atoms with Crippen LogP contribution >= 0.6 is 11.6 Å². The summed E-state index contributed by atoms with van der Waals surface area (Å²) in [7, 11) is -3.64. The predicted molar refractivity (Wildman–Crippen MR) is 108 cm³/mol. The maximum absolute atomic E-state index is 12.7. The zero-order valence-corrected chi connectivity index (χ0v) is 17.4. The van der Waals surface area contributed by atoms with Gasteiger partial charge in [-0.05, 0) is 48.5 Å². The quantitative estimate of drug-likeness (QED) is 0.688. The first-order chi connectivity index (χ1) is 14.3. The molecule has 0 aliphatic carbocycles. The van der Waals surface area contributed by atoms with Crippen molar-refractivity contribution in [1.82, 2.24) is 9.21 Å². The number of amides is 1. The van der Waals surface area contributed by atoms with Gasteiger partial charge in [0.2, 0.25) is 15.9 Å². The van der Waals surface area contributed by atoms with Crippen molar-refractivity contribution < 1.29 is 26.7 Å². The highest BCUT2D eigenvalue weighted by atomic mass is 35.5. The number of sulfonamides is 1. The molecule has 1 fully saturated rings.